The number of ether oxygens (including phenoxy) is 2. The molecule has 0 bridgehead atoms. The van der Waals surface area contributed by atoms with Crippen LogP contribution in [0.15, 0.2) is 24.3 Å². The first-order chi connectivity index (χ1) is 9.52. The molecule has 0 saturated carbocycles. The maximum atomic E-state index is 6.28. The largest absolute Gasteiger partial charge is 0.496 e. The molecule has 1 heterocycles. The maximum absolute atomic E-state index is 6.28. The van der Waals surface area contributed by atoms with Gasteiger partial charge in [0.2, 0.25) is 0 Å². The van der Waals surface area contributed by atoms with E-state index in [0.717, 1.165) is 24.4 Å². The minimum Gasteiger partial charge on any atom is -0.496 e. The van der Waals surface area contributed by atoms with E-state index in [0.29, 0.717) is 0 Å². The molecule has 1 aromatic rings. The molecular formula is C16H26N2O2. The van der Waals surface area contributed by atoms with Gasteiger partial charge in [-0.2, -0.15) is 0 Å². The fourth-order valence-corrected chi connectivity index (χ4v) is 3.17. The molecule has 0 spiro atoms. The lowest BCUT2D eigenvalue weighted by atomic mass is 9.96. The Kier molecular flexibility index (Phi) is 5.02. The van der Waals surface area contributed by atoms with Crippen LogP contribution in [0, 0.1) is 0 Å². The Morgan fingerprint density at radius 1 is 1.25 bits per heavy atom. The number of para-hydroxylation sites is 1. The van der Waals surface area contributed by atoms with E-state index in [1.807, 2.05) is 18.2 Å². The lowest BCUT2D eigenvalue weighted by Gasteiger charge is -2.42. The van der Waals surface area contributed by atoms with E-state index in [1.165, 1.54) is 0 Å². The molecule has 4 nitrogen and oxygen atoms in total. The highest BCUT2D eigenvalue weighted by atomic mass is 16.5. The number of nitrogens with two attached hydrogens (primary N) is 1. The summed E-state index contributed by atoms with van der Waals surface area (Å²) >= 11 is 0. The van der Waals surface area contributed by atoms with E-state index >= 15 is 0 Å². The van der Waals surface area contributed by atoms with Crippen LogP contribution in [0.5, 0.6) is 5.75 Å². The zero-order valence-corrected chi connectivity index (χ0v) is 12.9. The highest BCUT2D eigenvalue weighted by Crippen LogP contribution is 2.33. The molecule has 1 aliphatic rings. The molecule has 1 saturated heterocycles. The van der Waals surface area contributed by atoms with Crippen LogP contribution in [0.4, 0.5) is 0 Å². The average molecular weight is 278 g/mol. The monoisotopic (exact) mass is 278 g/mol. The molecule has 1 fully saturated rings. The Balaban J connectivity index is 2.31. The second kappa shape index (κ2) is 6.57. The second-order valence-electron chi connectivity index (χ2n) is 5.76. The zero-order chi connectivity index (χ0) is 14.7. The van der Waals surface area contributed by atoms with Crippen molar-refractivity contribution < 1.29 is 9.47 Å². The molecule has 2 rings (SSSR count). The van der Waals surface area contributed by atoms with Crippen LogP contribution >= 0.6 is 0 Å². The number of rotatable bonds is 4. The Labute approximate surface area is 121 Å². The number of morpholine rings is 1. The quantitative estimate of drug-likeness (QED) is 0.917. The molecule has 0 amide bonds. The Hall–Kier alpha value is -1.10. The van der Waals surface area contributed by atoms with Gasteiger partial charge in [0.1, 0.15) is 5.75 Å². The molecule has 0 aromatic heterocycles. The van der Waals surface area contributed by atoms with Gasteiger partial charge in [0.25, 0.3) is 0 Å². The third-order valence-electron chi connectivity index (χ3n) is 3.80. The van der Waals surface area contributed by atoms with Crippen molar-refractivity contribution in [3.63, 3.8) is 0 Å². The molecule has 4 heteroatoms. The fourth-order valence-electron chi connectivity index (χ4n) is 3.17. The van der Waals surface area contributed by atoms with Gasteiger partial charge in [-0.15, -0.1) is 0 Å². The van der Waals surface area contributed by atoms with Crippen LogP contribution in [0.1, 0.15) is 32.4 Å². The summed E-state index contributed by atoms with van der Waals surface area (Å²) in [5.74, 6) is 0.904. The first kappa shape index (κ1) is 15.3. The van der Waals surface area contributed by atoms with E-state index in [9.17, 15) is 0 Å². The third-order valence-corrected chi connectivity index (χ3v) is 3.80. The van der Waals surface area contributed by atoms with Crippen molar-refractivity contribution in [2.75, 3.05) is 20.2 Å². The van der Waals surface area contributed by atoms with E-state index in [-0.39, 0.29) is 24.3 Å². The van der Waals surface area contributed by atoms with Crippen molar-refractivity contribution in [3.05, 3.63) is 29.8 Å². The molecule has 4 atom stereocenters. The van der Waals surface area contributed by atoms with Crippen molar-refractivity contribution in [3.8, 4) is 5.75 Å². The highest BCUT2D eigenvalue weighted by molar-refractivity contribution is 5.36. The summed E-state index contributed by atoms with van der Waals surface area (Å²) in [6, 6.07) is 8.32. The van der Waals surface area contributed by atoms with E-state index < -0.39 is 0 Å². The van der Waals surface area contributed by atoms with Crippen molar-refractivity contribution in [1.82, 2.24) is 4.90 Å². The van der Waals surface area contributed by atoms with Gasteiger partial charge in [-0.3, -0.25) is 4.90 Å². The molecule has 4 unspecified atom stereocenters. The number of benzene rings is 1. The van der Waals surface area contributed by atoms with Gasteiger partial charge in [-0.05, 0) is 26.8 Å². The molecule has 20 heavy (non-hydrogen) atoms. The predicted molar refractivity (Wildman–Crippen MR) is 81.0 cm³/mol. The van der Waals surface area contributed by atoms with E-state index in [2.05, 4.69) is 31.7 Å². The summed E-state index contributed by atoms with van der Waals surface area (Å²) in [6.45, 7) is 8.08. The van der Waals surface area contributed by atoms with Gasteiger partial charge < -0.3 is 15.2 Å². The van der Waals surface area contributed by atoms with Crippen molar-refractivity contribution in [2.24, 2.45) is 5.73 Å². The van der Waals surface area contributed by atoms with Crippen LogP contribution in [-0.4, -0.2) is 43.3 Å². The summed E-state index contributed by atoms with van der Waals surface area (Å²) in [5.41, 5.74) is 7.43. The Morgan fingerprint density at radius 2 is 1.85 bits per heavy atom. The van der Waals surface area contributed by atoms with E-state index in [1.54, 1.807) is 7.11 Å². The lowest BCUT2D eigenvalue weighted by Crippen LogP contribution is -2.50. The minimum absolute atomic E-state index is 0.0313. The molecule has 112 valence electrons. The van der Waals surface area contributed by atoms with Crippen LogP contribution < -0.4 is 10.5 Å². The standard InChI is InChI=1S/C16H26N2O2/c1-11-9-18(10-12(2)20-11)16(13(3)17)14-7-5-6-8-15(14)19-4/h5-8,11-13,16H,9-10,17H2,1-4H3. The fraction of sp³-hybridized carbons (Fsp3) is 0.625. The molecule has 1 aromatic carbocycles. The van der Waals surface area contributed by atoms with Crippen molar-refractivity contribution in [2.45, 2.75) is 45.1 Å². The summed E-state index contributed by atoms with van der Waals surface area (Å²) in [7, 11) is 1.71. The highest BCUT2D eigenvalue weighted by Gasteiger charge is 2.32. The first-order valence-electron chi connectivity index (χ1n) is 7.31. The molecule has 2 N–H and O–H groups in total. The number of hydrogen-bond donors (Lipinski definition) is 1. The van der Waals surface area contributed by atoms with Gasteiger partial charge in [-0.1, -0.05) is 18.2 Å². The summed E-state index contributed by atoms with van der Waals surface area (Å²) in [4.78, 5) is 2.42. The van der Waals surface area contributed by atoms with Crippen LogP contribution in [0.25, 0.3) is 0 Å². The Bertz CT molecular complexity index is 426. The maximum Gasteiger partial charge on any atom is 0.123 e. The summed E-state index contributed by atoms with van der Waals surface area (Å²) < 4.78 is 11.3. The predicted octanol–water partition coefficient (Wildman–Crippen LogP) is 2.19. The van der Waals surface area contributed by atoms with E-state index in [4.69, 9.17) is 15.2 Å². The number of nitrogens with zero attached hydrogens (tertiary/aromatic N) is 1. The average Bonchev–Trinajstić information content (AvgIpc) is 2.38. The second-order valence-corrected chi connectivity index (χ2v) is 5.76. The summed E-state index contributed by atoms with van der Waals surface area (Å²) in [6.07, 6.45) is 0.462. The molecular weight excluding hydrogens is 252 g/mol. The van der Waals surface area contributed by atoms with Crippen LogP contribution in [-0.2, 0) is 4.74 Å². The van der Waals surface area contributed by atoms with Crippen LogP contribution in [0.3, 0.4) is 0 Å². The molecule has 0 radical (unpaired) electrons. The normalized spacial score (nSPS) is 27.1. The van der Waals surface area contributed by atoms with Gasteiger partial charge >= 0.3 is 0 Å². The van der Waals surface area contributed by atoms with Gasteiger partial charge in [0.15, 0.2) is 0 Å². The van der Waals surface area contributed by atoms with Crippen molar-refractivity contribution >= 4 is 0 Å². The Morgan fingerprint density at radius 3 is 2.40 bits per heavy atom. The zero-order valence-electron chi connectivity index (χ0n) is 12.9. The summed E-state index contributed by atoms with van der Waals surface area (Å²) in [5, 5.41) is 0. The lowest BCUT2D eigenvalue weighted by molar-refractivity contribution is -0.0833. The molecule has 1 aliphatic heterocycles. The van der Waals surface area contributed by atoms with Gasteiger partial charge in [0.05, 0.1) is 25.4 Å². The van der Waals surface area contributed by atoms with Crippen LogP contribution in [0.2, 0.25) is 0 Å². The molecule has 0 aliphatic carbocycles. The minimum atomic E-state index is 0.0313. The number of hydrogen-bond acceptors (Lipinski definition) is 4. The SMILES string of the molecule is COc1ccccc1C(C(C)N)N1CC(C)OC(C)C1. The van der Waals surface area contributed by atoms with Crippen molar-refractivity contribution in [1.29, 1.82) is 0 Å². The first-order valence-corrected chi connectivity index (χ1v) is 7.31. The number of methoxy groups -OCH3 is 1. The topological polar surface area (TPSA) is 47.7 Å². The third kappa shape index (κ3) is 3.32. The van der Waals surface area contributed by atoms with Gasteiger partial charge in [-0.25, -0.2) is 0 Å². The van der Waals surface area contributed by atoms with Gasteiger partial charge in [0, 0.05) is 24.7 Å². The smallest absolute Gasteiger partial charge is 0.123 e.